The number of nitrogens with zero attached hydrogens (tertiary/aromatic N) is 1. The lowest BCUT2D eigenvalue weighted by molar-refractivity contribution is 0.0692. The van der Waals surface area contributed by atoms with E-state index in [-0.39, 0.29) is 23.6 Å². The number of hydrogen-bond acceptors (Lipinski definition) is 5. The summed E-state index contributed by atoms with van der Waals surface area (Å²) in [6, 6.07) is 20.1. The van der Waals surface area contributed by atoms with Gasteiger partial charge in [0.1, 0.15) is 23.4 Å². The maximum Gasteiger partial charge on any atom is 0.335 e. The first kappa shape index (κ1) is 25.1. The summed E-state index contributed by atoms with van der Waals surface area (Å²) in [5, 5.41) is 9.14. The molecule has 0 bridgehead atoms. The molecule has 0 spiro atoms. The average molecular weight is 490 g/mol. The molecule has 1 aliphatic heterocycles. The minimum atomic E-state index is -0.982. The van der Waals surface area contributed by atoms with Crippen molar-refractivity contribution in [3.63, 3.8) is 0 Å². The van der Waals surface area contributed by atoms with Crippen LogP contribution in [0, 0.1) is 6.92 Å². The molecule has 1 N–H and O–H groups in total. The average Bonchev–Trinajstić information content (AvgIpc) is 3.30. The van der Waals surface area contributed by atoms with Crippen molar-refractivity contribution < 1.29 is 28.9 Å². The highest BCUT2D eigenvalue weighted by molar-refractivity contribution is 5.96. The highest BCUT2D eigenvalue weighted by Crippen LogP contribution is 2.33. The zero-order chi connectivity index (χ0) is 25.7. The number of aryl methyl sites for hydroxylation is 1. The molecule has 0 radical (unpaired) electrons. The molecular formula is C29H31NO6. The number of benzene rings is 3. The van der Waals surface area contributed by atoms with E-state index in [1.54, 1.807) is 38.5 Å². The van der Waals surface area contributed by atoms with Crippen LogP contribution >= 0.6 is 0 Å². The first-order valence-corrected chi connectivity index (χ1v) is 12.0. The third-order valence-electron chi connectivity index (χ3n) is 6.65. The predicted molar refractivity (Wildman–Crippen MR) is 136 cm³/mol. The maximum absolute atomic E-state index is 13.7. The summed E-state index contributed by atoms with van der Waals surface area (Å²) in [5.41, 5.74) is 2.76. The van der Waals surface area contributed by atoms with E-state index in [0.717, 1.165) is 18.4 Å². The van der Waals surface area contributed by atoms with Crippen molar-refractivity contribution in [3.8, 4) is 17.2 Å². The van der Waals surface area contributed by atoms with Crippen LogP contribution in [0.1, 0.15) is 44.7 Å². The Hall–Kier alpha value is -4.00. The number of amides is 1. The first-order chi connectivity index (χ1) is 17.4. The molecule has 4 rings (SSSR count). The molecule has 3 aromatic carbocycles. The van der Waals surface area contributed by atoms with Gasteiger partial charge in [0.25, 0.3) is 5.91 Å². The van der Waals surface area contributed by atoms with Gasteiger partial charge in [0.05, 0.1) is 26.3 Å². The Morgan fingerprint density at radius 1 is 0.944 bits per heavy atom. The molecule has 0 aliphatic carbocycles. The van der Waals surface area contributed by atoms with Gasteiger partial charge >= 0.3 is 5.97 Å². The molecule has 1 amide bonds. The van der Waals surface area contributed by atoms with E-state index in [1.807, 2.05) is 30.0 Å². The molecule has 7 nitrogen and oxygen atoms in total. The maximum atomic E-state index is 13.7. The molecule has 3 aromatic rings. The fraction of sp³-hybridized carbons (Fsp3) is 0.310. The Kier molecular flexibility index (Phi) is 7.78. The molecule has 2 atom stereocenters. The fourth-order valence-electron chi connectivity index (χ4n) is 4.70. The van der Waals surface area contributed by atoms with Gasteiger partial charge in [-0.3, -0.25) is 4.79 Å². The molecule has 7 heteroatoms. The van der Waals surface area contributed by atoms with E-state index in [0.29, 0.717) is 35.8 Å². The van der Waals surface area contributed by atoms with Crippen LogP contribution in [0.2, 0.25) is 0 Å². The van der Waals surface area contributed by atoms with Gasteiger partial charge < -0.3 is 24.2 Å². The summed E-state index contributed by atoms with van der Waals surface area (Å²) in [6.07, 6.45) is 2.11. The number of methoxy groups -OCH3 is 2. The van der Waals surface area contributed by atoms with Crippen LogP contribution < -0.4 is 14.2 Å². The van der Waals surface area contributed by atoms with Crippen LogP contribution in [0.25, 0.3) is 0 Å². The Morgan fingerprint density at radius 3 is 2.17 bits per heavy atom. The van der Waals surface area contributed by atoms with Crippen molar-refractivity contribution in [2.75, 3.05) is 20.8 Å². The van der Waals surface area contributed by atoms with Gasteiger partial charge in [0, 0.05) is 23.6 Å². The summed E-state index contributed by atoms with van der Waals surface area (Å²) in [5.74, 6) is 0.703. The van der Waals surface area contributed by atoms with Crippen molar-refractivity contribution in [3.05, 3.63) is 89.0 Å². The van der Waals surface area contributed by atoms with Gasteiger partial charge in [-0.25, -0.2) is 4.79 Å². The number of rotatable bonds is 9. The molecule has 188 valence electrons. The fourth-order valence-corrected chi connectivity index (χ4v) is 4.70. The van der Waals surface area contributed by atoms with Crippen molar-refractivity contribution in [2.45, 2.75) is 38.3 Å². The molecule has 1 fully saturated rings. The van der Waals surface area contributed by atoms with Crippen LogP contribution in [0.5, 0.6) is 17.2 Å². The normalized spacial score (nSPS) is 17.0. The van der Waals surface area contributed by atoms with Gasteiger partial charge in [-0.1, -0.05) is 30.3 Å². The van der Waals surface area contributed by atoms with Gasteiger partial charge in [-0.2, -0.15) is 0 Å². The number of likely N-dealkylation sites (tertiary alicyclic amines) is 1. The van der Waals surface area contributed by atoms with Crippen LogP contribution in [-0.2, 0) is 6.42 Å². The van der Waals surface area contributed by atoms with E-state index < -0.39 is 5.97 Å². The summed E-state index contributed by atoms with van der Waals surface area (Å²) < 4.78 is 17.1. The monoisotopic (exact) mass is 489 g/mol. The summed E-state index contributed by atoms with van der Waals surface area (Å²) in [4.78, 5) is 26.8. The standard InChI is InChI=1S/C29H31NO6/c1-19-26(34-2)15-22(16-27(19)35-3)28(31)30-18-25(36-24-13-10-21(11-14-24)29(32)33)17-23(30)12-9-20-7-5-4-6-8-20/h4-8,10-11,13-16,23,25H,9,12,17-18H2,1-3H3,(H,32,33)/t23?,25-/m0/s1. The second-order valence-electron chi connectivity index (χ2n) is 8.95. The number of ether oxygens (including phenoxy) is 3. The number of hydrogen-bond donors (Lipinski definition) is 1. The largest absolute Gasteiger partial charge is 0.496 e. The molecule has 1 heterocycles. The van der Waals surface area contributed by atoms with Crippen molar-refractivity contribution in [1.82, 2.24) is 4.90 Å². The minimum absolute atomic E-state index is 0.0145. The molecule has 36 heavy (non-hydrogen) atoms. The molecule has 1 unspecified atom stereocenters. The summed E-state index contributed by atoms with van der Waals surface area (Å²) in [6.45, 7) is 2.32. The number of carbonyl (C=O) groups excluding carboxylic acids is 1. The summed E-state index contributed by atoms with van der Waals surface area (Å²) >= 11 is 0. The van der Waals surface area contributed by atoms with E-state index in [4.69, 9.17) is 19.3 Å². The topological polar surface area (TPSA) is 85.3 Å². The zero-order valence-electron chi connectivity index (χ0n) is 20.8. The summed E-state index contributed by atoms with van der Waals surface area (Å²) in [7, 11) is 3.15. The Bertz CT molecular complexity index is 1180. The second kappa shape index (κ2) is 11.2. The van der Waals surface area contributed by atoms with Crippen LogP contribution in [0.4, 0.5) is 0 Å². The zero-order valence-corrected chi connectivity index (χ0v) is 20.8. The predicted octanol–water partition coefficient (Wildman–Crippen LogP) is 5.01. The minimum Gasteiger partial charge on any atom is -0.496 e. The van der Waals surface area contributed by atoms with E-state index in [9.17, 15) is 9.59 Å². The van der Waals surface area contributed by atoms with Crippen LogP contribution in [0.3, 0.4) is 0 Å². The molecule has 1 aliphatic rings. The Morgan fingerprint density at radius 2 is 1.58 bits per heavy atom. The highest BCUT2D eigenvalue weighted by atomic mass is 16.5. The smallest absolute Gasteiger partial charge is 0.335 e. The molecule has 0 aromatic heterocycles. The number of carboxylic acid groups (broad SMARTS) is 1. The lowest BCUT2D eigenvalue weighted by atomic mass is 10.0. The third kappa shape index (κ3) is 5.62. The van der Waals surface area contributed by atoms with E-state index in [1.165, 1.54) is 17.7 Å². The van der Waals surface area contributed by atoms with Crippen LogP contribution in [0.15, 0.2) is 66.7 Å². The first-order valence-electron chi connectivity index (χ1n) is 12.0. The molecule has 1 saturated heterocycles. The number of carbonyl (C=O) groups is 2. The Balaban J connectivity index is 1.56. The van der Waals surface area contributed by atoms with Crippen molar-refractivity contribution >= 4 is 11.9 Å². The van der Waals surface area contributed by atoms with Crippen molar-refractivity contribution in [2.24, 2.45) is 0 Å². The van der Waals surface area contributed by atoms with Gasteiger partial charge in [0.15, 0.2) is 0 Å². The van der Waals surface area contributed by atoms with Gasteiger partial charge in [0.2, 0.25) is 0 Å². The lowest BCUT2D eigenvalue weighted by Gasteiger charge is -2.25. The highest BCUT2D eigenvalue weighted by Gasteiger charge is 2.37. The lowest BCUT2D eigenvalue weighted by Crippen LogP contribution is -2.36. The van der Waals surface area contributed by atoms with Gasteiger partial charge in [-0.05, 0) is 61.7 Å². The second-order valence-corrected chi connectivity index (χ2v) is 8.95. The molecule has 0 saturated carbocycles. The van der Waals surface area contributed by atoms with Gasteiger partial charge in [-0.15, -0.1) is 0 Å². The number of carboxylic acids is 1. The van der Waals surface area contributed by atoms with E-state index >= 15 is 0 Å². The number of aromatic carboxylic acids is 1. The third-order valence-corrected chi connectivity index (χ3v) is 6.65. The Labute approximate surface area is 211 Å². The van der Waals surface area contributed by atoms with E-state index in [2.05, 4.69) is 12.1 Å². The van der Waals surface area contributed by atoms with Crippen molar-refractivity contribution in [1.29, 1.82) is 0 Å². The SMILES string of the molecule is COc1cc(C(=O)N2C[C@@H](Oc3ccc(C(=O)O)cc3)CC2CCc2ccccc2)cc(OC)c1C. The van der Waals surface area contributed by atoms with Crippen LogP contribution in [-0.4, -0.2) is 54.8 Å². The quantitative estimate of drug-likeness (QED) is 0.455. The molecular weight excluding hydrogens is 458 g/mol.